The third-order valence-electron chi connectivity index (χ3n) is 4.00. The number of anilines is 1. The fourth-order valence-electron chi connectivity index (χ4n) is 2.77. The predicted molar refractivity (Wildman–Crippen MR) is 99.1 cm³/mol. The second-order valence-electron chi connectivity index (χ2n) is 5.88. The van der Waals surface area contributed by atoms with Crippen LogP contribution in [0.4, 0.5) is 6.01 Å². The highest BCUT2D eigenvalue weighted by atomic mass is 32.2. The molecule has 0 aliphatic rings. The van der Waals surface area contributed by atoms with Crippen molar-refractivity contribution >= 4 is 32.7 Å². The monoisotopic (exact) mass is 382 g/mol. The Hall–Kier alpha value is -3.46. The van der Waals surface area contributed by atoms with Crippen molar-refractivity contribution in [3.8, 4) is 11.5 Å². The van der Waals surface area contributed by atoms with Crippen LogP contribution in [-0.4, -0.2) is 35.8 Å². The molecule has 0 unspecified atom stereocenters. The van der Waals surface area contributed by atoms with Crippen molar-refractivity contribution in [3.05, 3.63) is 60.3 Å². The van der Waals surface area contributed by atoms with E-state index in [1.54, 1.807) is 24.4 Å². The van der Waals surface area contributed by atoms with Crippen LogP contribution in [0.25, 0.3) is 22.4 Å². The molecule has 0 aliphatic carbocycles. The smallest absolute Gasteiger partial charge is 0.322 e. The average molecular weight is 382 g/mol. The maximum atomic E-state index is 12.5. The van der Waals surface area contributed by atoms with Crippen LogP contribution in [0.1, 0.15) is 10.4 Å². The van der Waals surface area contributed by atoms with Crippen LogP contribution < -0.4 is 5.32 Å². The van der Waals surface area contributed by atoms with Crippen LogP contribution in [0.15, 0.2) is 64.0 Å². The number of fused-ring (bicyclic) bond motifs is 1. The number of amides is 1. The molecule has 2 heterocycles. The minimum atomic E-state index is -3.47. The van der Waals surface area contributed by atoms with E-state index in [4.69, 9.17) is 4.42 Å². The summed E-state index contributed by atoms with van der Waals surface area (Å²) in [5, 5.41) is 10.9. The Kier molecular flexibility index (Phi) is 4.00. The summed E-state index contributed by atoms with van der Waals surface area (Å²) in [5.74, 6) is -0.413. The number of hydrogen-bond acceptors (Lipinski definition) is 6. The number of carbonyl (C=O) groups excluding carboxylic acids is 1. The van der Waals surface area contributed by atoms with Gasteiger partial charge >= 0.3 is 6.01 Å². The molecule has 0 spiro atoms. The highest BCUT2D eigenvalue weighted by Crippen LogP contribution is 2.27. The number of aromatic amines is 1. The molecule has 0 bridgehead atoms. The molecule has 0 aliphatic heterocycles. The van der Waals surface area contributed by atoms with E-state index in [9.17, 15) is 13.2 Å². The van der Waals surface area contributed by atoms with Gasteiger partial charge in [0.15, 0.2) is 9.84 Å². The molecule has 9 heteroatoms. The third-order valence-corrected chi connectivity index (χ3v) is 5.15. The molecule has 8 nitrogen and oxygen atoms in total. The van der Waals surface area contributed by atoms with Gasteiger partial charge in [-0.1, -0.05) is 35.4 Å². The summed E-state index contributed by atoms with van der Waals surface area (Å²) >= 11 is 0. The number of nitrogens with zero attached hydrogens (tertiary/aromatic N) is 2. The number of carbonyl (C=O) groups is 1. The number of H-pyrrole nitrogens is 1. The van der Waals surface area contributed by atoms with Gasteiger partial charge in [0.25, 0.3) is 11.8 Å². The minimum absolute atomic E-state index is 0.00486. The van der Waals surface area contributed by atoms with E-state index in [1.807, 2.05) is 24.3 Å². The van der Waals surface area contributed by atoms with Crippen molar-refractivity contribution in [1.29, 1.82) is 0 Å². The van der Waals surface area contributed by atoms with E-state index >= 15 is 0 Å². The Bertz CT molecular complexity index is 1260. The Morgan fingerprint density at radius 3 is 2.63 bits per heavy atom. The van der Waals surface area contributed by atoms with Gasteiger partial charge in [0.1, 0.15) is 0 Å². The summed E-state index contributed by atoms with van der Waals surface area (Å²) in [7, 11) is -3.47. The molecule has 2 N–H and O–H groups in total. The Morgan fingerprint density at radius 2 is 1.81 bits per heavy atom. The first-order valence-corrected chi connectivity index (χ1v) is 9.83. The summed E-state index contributed by atoms with van der Waals surface area (Å²) in [6.07, 6.45) is 2.69. The lowest BCUT2D eigenvalue weighted by atomic mass is 10.2. The van der Waals surface area contributed by atoms with Crippen LogP contribution >= 0.6 is 0 Å². The number of rotatable bonds is 4. The Balaban J connectivity index is 1.64. The number of aromatic nitrogens is 3. The molecule has 0 saturated heterocycles. The average Bonchev–Trinajstić information content (AvgIpc) is 3.28. The van der Waals surface area contributed by atoms with Gasteiger partial charge in [-0.25, -0.2) is 8.42 Å². The van der Waals surface area contributed by atoms with Gasteiger partial charge in [0, 0.05) is 23.4 Å². The quantitative estimate of drug-likeness (QED) is 0.560. The summed E-state index contributed by atoms with van der Waals surface area (Å²) in [5.41, 5.74) is 1.54. The molecule has 4 rings (SSSR count). The van der Waals surface area contributed by atoms with Crippen molar-refractivity contribution < 1.29 is 17.6 Å². The Morgan fingerprint density at radius 1 is 1.07 bits per heavy atom. The number of hydrogen-bond donors (Lipinski definition) is 2. The van der Waals surface area contributed by atoms with Crippen LogP contribution in [0.5, 0.6) is 0 Å². The van der Waals surface area contributed by atoms with Crippen molar-refractivity contribution in [2.24, 2.45) is 0 Å². The maximum absolute atomic E-state index is 12.5. The van der Waals surface area contributed by atoms with E-state index in [2.05, 4.69) is 20.5 Å². The zero-order valence-corrected chi connectivity index (χ0v) is 14.9. The van der Waals surface area contributed by atoms with Crippen molar-refractivity contribution in [1.82, 2.24) is 15.2 Å². The van der Waals surface area contributed by atoms with Gasteiger partial charge in [-0.3, -0.25) is 10.1 Å². The van der Waals surface area contributed by atoms with Crippen LogP contribution in [-0.2, 0) is 9.84 Å². The first-order valence-electron chi connectivity index (χ1n) is 7.94. The topological polar surface area (TPSA) is 118 Å². The van der Waals surface area contributed by atoms with Gasteiger partial charge in [0.2, 0.25) is 0 Å². The van der Waals surface area contributed by atoms with Gasteiger partial charge in [-0.15, -0.1) is 5.10 Å². The van der Waals surface area contributed by atoms with Crippen LogP contribution in [0, 0.1) is 0 Å². The molecule has 0 fully saturated rings. The normalized spacial score (nSPS) is 11.6. The third kappa shape index (κ3) is 3.20. The maximum Gasteiger partial charge on any atom is 0.322 e. The van der Waals surface area contributed by atoms with Crippen molar-refractivity contribution in [3.63, 3.8) is 0 Å². The van der Waals surface area contributed by atoms with E-state index in [1.165, 1.54) is 6.07 Å². The summed E-state index contributed by atoms with van der Waals surface area (Å²) in [6.45, 7) is 0. The molecule has 0 radical (unpaired) electrons. The van der Waals surface area contributed by atoms with Crippen LogP contribution in [0.3, 0.4) is 0 Å². The fourth-order valence-corrected chi connectivity index (χ4v) is 3.65. The van der Waals surface area contributed by atoms with Gasteiger partial charge in [-0.05, 0) is 18.2 Å². The molecular weight excluding hydrogens is 368 g/mol. The van der Waals surface area contributed by atoms with Gasteiger partial charge in [0.05, 0.1) is 16.0 Å². The SMILES string of the molecule is CS(=O)(=O)c1ccccc1-c1nnc(NC(=O)c2c[nH]c3ccccc23)o1. The standard InChI is InChI=1S/C18H14N4O4S/c1-27(24,25)15-9-5-3-7-12(15)17-21-22-18(26-17)20-16(23)13-10-19-14-8-4-2-6-11(13)14/h2-10,19H,1H3,(H,20,22,23). The number of nitrogens with one attached hydrogen (secondary N) is 2. The molecule has 0 atom stereocenters. The van der Waals surface area contributed by atoms with Crippen molar-refractivity contribution in [2.75, 3.05) is 11.6 Å². The highest BCUT2D eigenvalue weighted by molar-refractivity contribution is 7.90. The number of para-hydroxylation sites is 1. The fraction of sp³-hybridized carbons (Fsp3) is 0.0556. The Labute approximate surface area is 154 Å². The molecule has 27 heavy (non-hydrogen) atoms. The summed E-state index contributed by atoms with van der Waals surface area (Å²) in [6, 6.07) is 13.6. The largest absolute Gasteiger partial charge is 0.403 e. The number of sulfone groups is 1. The molecule has 2 aromatic heterocycles. The number of benzene rings is 2. The minimum Gasteiger partial charge on any atom is -0.403 e. The second-order valence-corrected chi connectivity index (χ2v) is 7.87. The predicted octanol–water partition coefficient (Wildman–Crippen LogP) is 2.87. The molecular formula is C18H14N4O4S. The molecule has 2 aromatic carbocycles. The van der Waals surface area contributed by atoms with Gasteiger partial charge in [-0.2, -0.15) is 0 Å². The lowest BCUT2D eigenvalue weighted by Crippen LogP contribution is -2.11. The molecule has 1 amide bonds. The van der Waals surface area contributed by atoms with Crippen molar-refractivity contribution in [2.45, 2.75) is 4.90 Å². The van der Waals surface area contributed by atoms with Crippen LogP contribution in [0.2, 0.25) is 0 Å². The zero-order valence-electron chi connectivity index (χ0n) is 14.1. The van der Waals surface area contributed by atoms with Gasteiger partial charge < -0.3 is 9.40 Å². The van der Waals surface area contributed by atoms with E-state index < -0.39 is 15.7 Å². The van der Waals surface area contributed by atoms with E-state index in [0.29, 0.717) is 5.56 Å². The zero-order chi connectivity index (χ0) is 19.0. The second kappa shape index (κ2) is 6.36. The highest BCUT2D eigenvalue weighted by Gasteiger charge is 2.20. The first kappa shape index (κ1) is 17.0. The lowest BCUT2D eigenvalue weighted by molar-refractivity contribution is 0.102. The summed E-state index contributed by atoms with van der Waals surface area (Å²) < 4.78 is 29.3. The van der Waals surface area contributed by atoms with E-state index in [0.717, 1.165) is 17.2 Å². The summed E-state index contributed by atoms with van der Waals surface area (Å²) in [4.78, 5) is 15.6. The molecule has 4 aromatic rings. The van der Waals surface area contributed by atoms with E-state index in [-0.39, 0.29) is 22.4 Å². The molecule has 136 valence electrons. The molecule has 0 saturated carbocycles. The first-order chi connectivity index (χ1) is 12.9. The lowest BCUT2D eigenvalue weighted by Gasteiger charge is -2.03.